The quantitative estimate of drug-likeness (QED) is 0.410. The van der Waals surface area contributed by atoms with Gasteiger partial charge in [-0.25, -0.2) is 4.68 Å². The highest BCUT2D eigenvalue weighted by molar-refractivity contribution is 7.10. The van der Waals surface area contributed by atoms with Gasteiger partial charge in [-0.1, -0.05) is 36.4 Å². The number of phenolic OH excluding ortho intramolecular Hbond substituents is 1. The van der Waals surface area contributed by atoms with Crippen LogP contribution < -0.4 is 10.9 Å². The van der Waals surface area contributed by atoms with Crippen molar-refractivity contribution in [3.8, 4) is 11.4 Å². The fourth-order valence-corrected chi connectivity index (χ4v) is 5.84. The molecule has 2 aromatic carbocycles. The minimum absolute atomic E-state index is 0.0352. The summed E-state index contributed by atoms with van der Waals surface area (Å²) in [6.45, 7) is 0. The molecule has 0 saturated carbocycles. The van der Waals surface area contributed by atoms with Gasteiger partial charge >= 0.3 is 0 Å². The van der Waals surface area contributed by atoms with Crippen LogP contribution in [0.1, 0.15) is 40.7 Å². The van der Waals surface area contributed by atoms with E-state index in [0.717, 1.165) is 11.3 Å². The summed E-state index contributed by atoms with van der Waals surface area (Å²) in [6.07, 6.45) is 1.10. The second-order valence-corrected chi connectivity index (χ2v) is 9.44. The molecular weight excluding hydrogens is 434 g/mol. The summed E-state index contributed by atoms with van der Waals surface area (Å²) in [5, 5.41) is 18.8. The number of fused-ring (bicyclic) bond motifs is 1. The van der Waals surface area contributed by atoms with Crippen LogP contribution in [0.3, 0.4) is 0 Å². The van der Waals surface area contributed by atoms with Gasteiger partial charge in [0.05, 0.1) is 11.3 Å². The van der Waals surface area contributed by atoms with Crippen LogP contribution in [-0.2, 0) is 4.79 Å². The second-order valence-electron chi connectivity index (χ2n) is 8.47. The fraction of sp³-hybridized carbons (Fsp3) is 0.154. The van der Waals surface area contributed by atoms with Gasteiger partial charge in [0.1, 0.15) is 11.6 Å². The van der Waals surface area contributed by atoms with E-state index >= 15 is 0 Å². The predicted octanol–water partition coefficient (Wildman–Crippen LogP) is 4.89. The molecule has 0 spiro atoms. The predicted molar refractivity (Wildman–Crippen MR) is 128 cm³/mol. The molecule has 2 atom stereocenters. The van der Waals surface area contributed by atoms with Gasteiger partial charge in [0.25, 0.3) is 5.56 Å². The van der Waals surface area contributed by atoms with Crippen LogP contribution >= 0.6 is 11.3 Å². The summed E-state index contributed by atoms with van der Waals surface area (Å²) in [7, 11) is 0. The van der Waals surface area contributed by atoms with E-state index < -0.39 is 5.92 Å². The zero-order chi connectivity index (χ0) is 22.5. The topological polar surface area (TPSA) is 87.1 Å². The van der Waals surface area contributed by atoms with Crippen LogP contribution in [0.5, 0.6) is 5.75 Å². The Morgan fingerprint density at radius 3 is 2.58 bits per heavy atom. The first-order valence-corrected chi connectivity index (χ1v) is 11.7. The zero-order valence-corrected chi connectivity index (χ0v) is 18.4. The number of hydrogen-bond donors (Lipinski definition) is 3. The van der Waals surface area contributed by atoms with Gasteiger partial charge in [0.2, 0.25) is 0 Å². The number of phenols is 1. The Hall–Kier alpha value is -3.84. The lowest BCUT2D eigenvalue weighted by Gasteiger charge is -2.34. The Kier molecular flexibility index (Phi) is 4.58. The van der Waals surface area contributed by atoms with Gasteiger partial charge in [0.15, 0.2) is 5.78 Å². The zero-order valence-electron chi connectivity index (χ0n) is 17.6. The molecule has 2 aromatic heterocycles. The van der Waals surface area contributed by atoms with Gasteiger partial charge in [-0.3, -0.25) is 14.7 Å². The molecule has 6 rings (SSSR count). The molecule has 3 N–H and O–H groups in total. The van der Waals surface area contributed by atoms with Crippen molar-refractivity contribution in [2.75, 3.05) is 5.32 Å². The van der Waals surface area contributed by atoms with Gasteiger partial charge in [-0.2, -0.15) is 0 Å². The molecule has 3 heterocycles. The Morgan fingerprint density at radius 1 is 0.970 bits per heavy atom. The molecule has 0 saturated heterocycles. The van der Waals surface area contributed by atoms with Crippen LogP contribution in [0, 0.1) is 0 Å². The molecule has 0 unspecified atom stereocenters. The van der Waals surface area contributed by atoms with E-state index in [9.17, 15) is 14.7 Å². The summed E-state index contributed by atoms with van der Waals surface area (Å²) in [6, 6.07) is 20.3. The SMILES string of the molecule is O=C1C[C@@H](c2cccs2)CC2=C1[C@H](c1cccc(O)c1)c1c([nH]n(-c3ccccc3)c1=O)N2. The summed E-state index contributed by atoms with van der Waals surface area (Å²) in [5.41, 5.74) is 3.19. The molecule has 1 aliphatic heterocycles. The second kappa shape index (κ2) is 7.64. The van der Waals surface area contributed by atoms with Gasteiger partial charge in [-0.05, 0) is 47.7 Å². The average Bonchev–Trinajstić information content (AvgIpc) is 3.47. The molecule has 0 amide bonds. The number of carbonyl (C=O) groups excluding carboxylic acids is 1. The Balaban J connectivity index is 1.54. The number of hydrogen-bond acceptors (Lipinski definition) is 5. The molecular formula is C26H21N3O3S. The van der Waals surface area contributed by atoms with Crippen molar-refractivity contribution in [1.29, 1.82) is 0 Å². The van der Waals surface area contributed by atoms with Crippen molar-refractivity contribution in [1.82, 2.24) is 9.78 Å². The number of anilines is 1. The van der Waals surface area contributed by atoms with Gasteiger partial charge < -0.3 is 10.4 Å². The highest BCUT2D eigenvalue weighted by Gasteiger charge is 2.41. The number of thiophene rings is 1. The Morgan fingerprint density at radius 2 is 1.82 bits per heavy atom. The van der Waals surface area contributed by atoms with Crippen LogP contribution in [0.4, 0.5) is 5.82 Å². The number of para-hydroxylation sites is 1. The number of H-pyrrole nitrogens is 1. The standard InChI is InChI=1S/C26H21N3O3S/c30-18-9-4-6-15(12-18)22-23-19(13-16(14-20(23)31)21-10-5-11-33-21)27-25-24(22)26(32)29(28-25)17-7-2-1-3-8-17/h1-12,16,22,27-28,30H,13-14H2/t16-,22-/m0/s1. The van der Waals surface area contributed by atoms with Crippen LogP contribution in [0.15, 0.2) is 88.2 Å². The number of nitrogens with one attached hydrogen (secondary N) is 2. The molecule has 6 nitrogen and oxygen atoms in total. The molecule has 33 heavy (non-hydrogen) atoms. The third-order valence-electron chi connectivity index (χ3n) is 6.45. The molecule has 0 bridgehead atoms. The number of ketones is 1. The number of rotatable bonds is 3. The van der Waals surface area contributed by atoms with E-state index in [-0.39, 0.29) is 23.0 Å². The summed E-state index contributed by atoms with van der Waals surface area (Å²) in [5.74, 6) is 0.295. The van der Waals surface area contributed by atoms with E-state index in [1.54, 1.807) is 29.5 Å². The van der Waals surface area contributed by atoms with E-state index in [1.165, 1.54) is 9.56 Å². The van der Waals surface area contributed by atoms with Crippen LogP contribution in [-0.4, -0.2) is 20.7 Å². The highest BCUT2D eigenvalue weighted by Crippen LogP contribution is 2.47. The third kappa shape index (κ3) is 3.24. The van der Waals surface area contributed by atoms with Gasteiger partial charge in [-0.15, -0.1) is 11.3 Å². The molecule has 1 aliphatic carbocycles. The normalized spacial score (nSPS) is 19.7. The smallest absolute Gasteiger partial charge is 0.277 e. The first kappa shape index (κ1) is 19.8. The number of allylic oxidation sites excluding steroid dienone is 2. The minimum atomic E-state index is -0.547. The Bertz CT molecular complexity index is 1450. The number of carbonyl (C=O) groups is 1. The molecule has 4 aromatic rings. The van der Waals surface area contributed by atoms with Crippen molar-refractivity contribution >= 4 is 22.9 Å². The van der Waals surface area contributed by atoms with E-state index in [1.807, 2.05) is 47.8 Å². The number of aromatic amines is 1. The van der Waals surface area contributed by atoms with Crippen molar-refractivity contribution in [2.45, 2.75) is 24.7 Å². The minimum Gasteiger partial charge on any atom is -0.508 e. The van der Waals surface area contributed by atoms with Crippen molar-refractivity contribution in [3.05, 3.63) is 110 Å². The largest absolute Gasteiger partial charge is 0.508 e. The van der Waals surface area contributed by atoms with Crippen molar-refractivity contribution in [2.24, 2.45) is 0 Å². The summed E-state index contributed by atoms with van der Waals surface area (Å²) >= 11 is 1.66. The summed E-state index contributed by atoms with van der Waals surface area (Å²) < 4.78 is 1.51. The maximum absolute atomic E-state index is 13.6. The van der Waals surface area contributed by atoms with E-state index in [0.29, 0.717) is 35.5 Å². The molecule has 0 radical (unpaired) electrons. The number of aromatic hydroxyl groups is 1. The lowest BCUT2D eigenvalue weighted by molar-refractivity contribution is -0.116. The number of Topliss-reactive ketones (excluding diaryl/α,β-unsaturated/α-hetero) is 1. The summed E-state index contributed by atoms with van der Waals surface area (Å²) in [4.78, 5) is 28.3. The van der Waals surface area contributed by atoms with Crippen LogP contribution in [0.2, 0.25) is 0 Å². The lowest BCUT2D eigenvalue weighted by Crippen LogP contribution is -2.31. The van der Waals surface area contributed by atoms with Crippen LogP contribution in [0.25, 0.3) is 5.69 Å². The van der Waals surface area contributed by atoms with E-state index in [2.05, 4.69) is 16.5 Å². The molecule has 0 fully saturated rings. The van der Waals surface area contributed by atoms with Gasteiger partial charge in [0, 0.05) is 34.4 Å². The van der Waals surface area contributed by atoms with E-state index in [4.69, 9.17) is 0 Å². The lowest BCUT2D eigenvalue weighted by atomic mass is 9.74. The fourth-order valence-electron chi connectivity index (χ4n) is 5.01. The maximum atomic E-state index is 13.6. The first-order valence-electron chi connectivity index (χ1n) is 10.9. The third-order valence-corrected chi connectivity index (χ3v) is 7.49. The number of aromatic nitrogens is 2. The number of nitrogens with zero attached hydrogens (tertiary/aromatic N) is 1. The number of benzene rings is 2. The highest BCUT2D eigenvalue weighted by atomic mass is 32.1. The van der Waals surface area contributed by atoms with Crippen molar-refractivity contribution < 1.29 is 9.90 Å². The monoisotopic (exact) mass is 455 g/mol. The maximum Gasteiger partial charge on any atom is 0.277 e. The molecule has 2 aliphatic rings. The molecule has 7 heteroatoms. The average molecular weight is 456 g/mol. The first-order chi connectivity index (χ1) is 16.1. The van der Waals surface area contributed by atoms with Crippen molar-refractivity contribution in [3.63, 3.8) is 0 Å². The Labute approximate surface area is 193 Å². The molecule has 164 valence electrons.